The molecule has 10 nitrogen and oxygen atoms in total. The number of aromatic nitrogens is 2. The lowest BCUT2D eigenvalue weighted by atomic mass is 9.92. The number of urea groups is 1. The Bertz CT molecular complexity index is 1530. The Morgan fingerprint density at radius 2 is 1.87 bits per heavy atom. The highest BCUT2D eigenvalue weighted by atomic mass is 19.1. The van der Waals surface area contributed by atoms with E-state index < -0.39 is 23.8 Å². The normalized spacial score (nSPS) is 16.4. The molecule has 0 aliphatic carbocycles. The van der Waals surface area contributed by atoms with Gasteiger partial charge < -0.3 is 10.1 Å². The minimum atomic E-state index is -0.703. The fraction of sp³-hybridized carbons (Fsp3) is 0.185. The number of benzene rings is 2. The van der Waals surface area contributed by atoms with Crippen molar-refractivity contribution in [2.75, 3.05) is 10.6 Å². The van der Waals surface area contributed by atoms with E-state index in [1.807, 2.05) is 51.1 Å². The van der Waals surface area contributed by atoms with Crippen molar-refractivity contribution in [3.05, 3.63) is 77.9 Å². The molecule has 1 aromatic heterocycles. The molecule has 1 atom stereocenters. The Morgan fingerprint density at radius 3 is 2.61 bits per heavy atom. The van der Waals surface area contributed by atoms with E-state index in [1.165, 1.54) is 18.3 Å². The van der Waals surface area contributed by atoms with Crippen LogP contribution in [0.15, 0.2) is 81.4 Å². The molecule has 0 fully saturated rings. The first kappa shape index (κ1) is 24.8. The minimum absolute atomic E-state index is 0.0422. The van der Waals surface area contributed by atoms with E-state index in [2.05, 4.69) is 30.7 Å². The lowest BCUT2D eigenvalue weighted by Crippen LogP contribution is -2.30. The van der Waals surface area contributed by atoms with Crippen molar-refractivity contribution in [1.82, 2.24) is 9.78 Å². The predicted molar refractivity (Wildman–Crippen MR) is 143 cm³/mol. The van der Waals surface area contributed by atoms with Gasteiger partial charge in [0.2, 0.25) is 0 Å². The number of anilines is 2. The Morgan fingerprint density at radius 1 is 1.08 bits per heavy atom. The van der Waals surface area contributed by atoms with Gasteiger partial charge in [0.05, 0.1) is 23.3 Å². The summed E-state index contributed by atoms with van der Waals surface area (Å²) in [5.74, 6) is -0.0481. The van der Waals surface area contributed by atoms with E-state index in [1.54, 1.807) is 16.8 Å². The van der Waals surface area contributed by atoms with Crippen LogP contribution in [0.5, 0.6) is 5.75 Å². The van der Waals surface area contributed by atoms with E-state index in [-0.39, 0.29) is 22.7 Å². The minimum Gasteiger partial charge on any atom is -0.459 e. The number of amidine groups is 1. The SMILES string of the molecule is CC(C)(C)c1cc(NC(=O)Nc2ccc(OC3=CC=NC4=NC(=O)C=NC34)cc2F)n(-c2ccccc2)n1. The molecule has 0 bridgehead atoms. The number of amides is 3. The lowest BCUT2D eigenvalue weighted by molar-refractivity contribution is -0.111. The Balaban J connectivity index is 1.30. The highest BCUT2D eigenvalue weighted by Gasteiger charge is 2.28. The number of carbonyl (C=O) groups excluding carboxylic acids is 2. The number of aliphatic imine (C=N–C) groups is 3. The number of halogens is 1. The average molecular weight is 514 g/mol. The number of allylic oxidation sites excluding steroid dienone is 1. The third-order valence-electron chi connectivity index (χ3n) is 5.66. The van der Waals surface area contributed by atoms with Crippen molar-refractivity contribution < 1.29 is 18.7 Å². The highest BCUT2D eigenvalue weighted by molar-refractivity contribution is 6.32. The van der Waals surface area contributed by atoms with Crippen LogP contribution < -0.4 is 15.4 Å². The van der Waals surface area contributed by atoms with Gasteiger partial charge in [-0.2, -0.15) is 10.1 Å². The van der Waals surface area contributed by atoms with E-state index in [0.717, 1.165) is 23.7 Å². The molecule has 0 spiro atoms. The van der Waals surface area contributed by atoms with Crippen molar-refractivity contribution in [2.24, 2.45) is 15.0 Å². The molecule has 11 heteroatoms. The smallest absolute Gasteiger partial charge is 0.324 e. The van der Waals surface area contributed by atoms with Gasteiger partial charge in [-0.1, -0.05) is 39.0 Å². The summed E-state index contributed by atoms with van der Waals surface area (Å²) in [6.45, 7) is 6.08. The van der Waals surface area contributed by atoms with Gasteiger partial charge in [-0.25, -0.2) is 18.9 Å². The second-order valence-electron chi connectivity index (χ2n) is 9.57. The first-order valence-corrected chi connectivity index (χ1v) is 11.8. The molecule has 2 aliphatic heterocycles. The van der Waals surface area contributed by atoms with Gasteiger partial charge in [0, 0.05) is 23.8 Å². The quantitative estimate of drug-likeness (QED) is 0.514. The van der Waals surface area contributed by atoms with Crippen LogP contribution in [0, 0.1) is 5.82 Å². The fourth-order valence-electron chi connectivity index (χ4n) is 3.75. The second-order valence-corrected chi connectivity index (χ2v) is 9.57. The van der Waals surface area contributed by atoms with Crippen LogP contribution in [0.25, 0.3) is 5.69 Å². The molecule has 2 aromatic carbocycles. The van der Waals surface area contributed by atoms with Crippen LogP contribution in [-0.4, -0.2) is 46.0 Å². The Hall–Kier alpha value is -4.93. The second kappa shape index (κ2) is 9.85. The lowest BCUT2D eigenvalue weighted by Gasteiger charge is -2.20. The largest absolute Gasteiger partial charge is 0.459 e. The molecular formula is C27H24FN7O3. The average Bonchev–Trinajstić information content (AvgIpc) is 3.30. The van der Waals surface area contributed by atoms with Gasteiger partial charge in [-0.15, -0.1) is 0 Å². The molecule has 1 unspecified atom stereocenters. The zero-order chi connectivity index (χ0) is 26.9. The standard InChI is InChI=1S/C27H24FN7O3/c1-27(2,3)21-14-22(35(34-21)16-7-5-4-6-8-16)32-26(37)31-19-10-9-17(13-18(19)28)38-20-11-12-29-25-24(20)30-15-23(36)33-25/h4-15,24H,1-3H3,(H2,31,32,37). The summed E-state index contributed by atoms with van der Waals surface area (Å²) in [5, 5.41) is 9.95. The number of nitrogens with one attached hydrogen (secondary N) is 2. The number of rotatable bonds is 5. The number of carbonyl (C=O) groups is 2. The Kier molecular flexibility index (Phi) is 6.41. The molecule has 3 aromatic rings. The number of fused-ring (bicyclic) bond motifs is 1. The summed E-state index contributed by atoms with van der Waals surface area (Å²) in [5.41, 5.74) is 1.26. The number of hydrogen-bond acceptors (Lipinski definition) is 6. The number of hydrogen-bond donors (Lipinski definition) is 2. The van der Waals surface area contributed by atoms with E-state index in [0.29, 0.717) is 11.6 Å². The Labute approximate surface area is 217 Å². The molecule has 0 saturated carbocycles. The topological polar surface area (TPSA) is 122 Å². The zero-order valence-electron chi connectivity index (χ0n) is 20.8. The van der Waals surface area contributed by atoms with Crippen LogP contribution in [0.1, 0.15) is 26.5 Å². The summed E-state index contributed by atoms with van der Waals surface area (Å²) in [4.78, 5) is 36.2. The van der Waals surface area contributed by atoms with Crippen LogP contribution >= 0.6 is 0 Å². The van der Waals surface area contributed by atoms with Crippen molar-refractivity contribution in [1.29, 1.82) is 0 Å². The van der Waals surface area contributed by atoms with Gasteiger partial charge in [-0.3, -0.25) is 15.1 Å². The third-order valence-corrected chi connectivity index (χ3v) is 5.66. The van der Waals surface area contributed by atoms with E-state index >= 15 is 0 Å². The number of para-hydroxylation sites is 1. The fourth-order valence-corrected chi connectivity index (χ4v) is 3.75. The summed E-state index contributed by atoms with van der Waals surface area (Å²) in [6.07, 6.45) is 4.09. The first-order valence-electron chi connectivity index (χ1n) is 11.8. The number of dihydropyridines is 1. The van der Waals surface area contributed by atoms with Crippen molar-refractivity contribution in [3.63, 3.8) is 0 Å². The molecule has 5 rings (SSSR count). The van der Waals surface area contributed by atoms with Gasteiger partial charge in [0.25, 0.3) is 5.91 Å². The number of ether oxygens (including phenoxy) is 1. The maximum atomic E-state index is 14.9. The monoisotopic (exact) mass is 513 g/mol. The van der Waals surface area contributed by atoms with Crippen LogP contribution in [-0.2, 0) is 10.2 Å². The summed E-state index contributed by atoms with van der Waals surface area (Å²) in [6, 6.07) is 13.9. The van der Waals surface area contributed by atoms with Crippen molar-refractivity contribution >= 4 is 41.7 Å². The number of nitrogens with zero attached hydrogens (tertiary/aromatic N) is 5. The predicted octanol–water partition coefficient (Wildman–Crippen LogP) is 4.68. The zero-order valence-corrected chi connectivity index (χ0v) is 20.8. The van der Waals surface area contributed by atoms with Crippen molar-refractivity contribution in [3.8, 4) is 11.4 Å². The van der Waals surface area contributed by atoms with Crippen molar-refractivity contribution in [2.45, 2.75) is 32.2 Å². The third kappa shape index (κ3) is 5.26. The molecular weight excluding hydrogens is 489 g/mol. The molecule has 2 N–H and O–H groups in total. The first-order chi connectivity index (χ1) is 18.2. The van der Waals surface area contributed by atoms with Crippen LogP contribution in [0.2, 0.25) is 0 Å². The van der Waals surface area contributed by atoms with Gasteiger partial charge in [0.15, 0.2) is 11.9 Å². The van der Waals surface area contributed by atoms with E-state index in [9.17, 15) is 14.0 Å². The van der Waals surface area contributed by atoms with Gasteiger partial charge in [-0.05, 0) is 30.3 Å². The molecule has 38 heavy (non-hydrogen) atoms. The van der Waals surface area contributed by atoms with Crippen LogP contribution in [0.3, 0.4) is 0 Å². The maximum Gasteiger partial charge on any atom is 0.324 e. The molecule has 0 radical (unpaired) electrons. The maximum absolute atomic E-state index is 14.9. The molecule has 2 aliphatic rings. The van der Waals surface area contributed by atoms with E-state index in [4.69, 9.17) is 4.74 Å². The summed E-state index contributed by atoms with van der Waals surface area (Å²) in [7, 11) is 0. The summed E-state index contributed by atoms with van der Waals surface area (Å²) >= 11 is 0. The molecule has 0 saturated heterocycles. The highest BCUT2D eigenvalue weighted by Crippen LogP contribution is 2.28. The molecule has 3 heterocycles. The summed E-state index contributed by atoms with van der Waals surface area (Å²) < 4.78 is 22.3. The van der Waals surface area contributed by atoms with Crippen LogP contribution in [0.4, 0.5) is 20.7 Å². The molecule has 3 amide bonds. The molecule has 192 valence electrons. The van der Waals surface area contributed by atoms with Gasteiger partial charge >= 0.3 is 6.03 Å². The van der Waals surface area contributed by atoms with Gasteiger partial charge in [0.1, 0.15) is 23.1 Å².